The number of aromatic nitrogens is 2. The number of nitrogens with zero attached hydrogens (tertiary/aromatic N) is 2. The summed E-state index contributed by atoms with van der Waals surface area (Å²) >= 11 is 0. The SMILES string of the molecule is NC[C@@H](c1ccncc1)c1ccc(C(F)(F)F)nc1. The lowest BCUT2D eigenvalue weighted by Crippen LogP contribution is -2.15. The molecule has 1 atom stereocenters. The van der Waals surface area contributed by atoms with E-state index >= 15 is 0 Å². The molecule has 2 N–H and O–H groups in total. The second-order valence-corrected chi connectivity index (χ2v) is 4.04. The van der Waals surface area contributed by atoms with E-state index in [-0.39, 0.29) is 12.5 Å². The molecule has 0 fully saturated rings. The Balaban J connectivity index is 2.30. The second-order valence-electron chi connectivity index (χ2n) is 4.04. The summed E-state index contributed by atoms with van der Waals surface area (Å²) in [5, 5.41) is 0. The summed E-state index contributed by atoms with van der Waals surface area (Å²) in [6, 6.07) is 5.96. The van der Waals surface area contributed by atoms with Crippen LogP contribution >= 0.6 is 0 Å². The highest BCUT2D eigenvalue weighted by Gasteiger charge is 2.32. The zero-order valence-corrected chi connectivity index (χ0v) is 9.93. The van der Waals surface area contributed by atoms with E-state index in [1.54, 1.807) is 24.5 Å². The molecule has 3 nitrogen and oxygen atoms in total. The third-order valence-electron chi connectivity index (χ3n) is 2.82. The zero-order chi connectivity index (χ0) is 13.9. The normalized spacial score (nSPS) is 13.3. The standard InChI is InChI=1S/C13H12F3N3/c14-13(15,16)12-2-1-10(8-19-12)11(7-17)9-3-5-18-6-4-9/h1-6,8,11H,7,17H2/t11-/m0/s1. The molecule has 2 heterocycles. The van der Waals surface area contributed by atoms with Crippen molar-refractivity contribution in [3.05, 3.63) is 59.7 Å². The molecule has 0 aliphatic carbocycles. The topological polar surface area (TPSA) is 51.8 Å². The third kappa shape index (κ3) is 3.08. The van der Waals surface area contributed by atoms with Crippen molar-refractivity contribution < 1.29 is 13.2 Å². The number of hydrogen-bond acceptors (Lipinski definition) is 3. The number of pyridine rings is 2. The largest absolute Gasteiger partial charge is 0.433 e. The van der Waals surface area contributed by atoms with Crippen LogP contribution in [0.1, 0.15) is 22.7 Å². The first-order valence-electron chi connectivity index (χ1n) is 5.65. The molecule has 0 saturated heterocycles. The highest BCUT2D eigenvalue weighted by molar-refractivity contribution is 5.31. The van der Waals surface area contributed by atoms with Crippen molar-refractivity contribution in [2.75, 3.05) is 6.54 Å². The molecule has 0 saturated carbocycles. The predicted octanol–water partition coefficient (Wildman–Crippen LogP) is 2.59. The highest BCUT2D eigenvalue weighted by atomic mass is 19.4. The van der Waals surface area contributed by atoms with Crippen LogP contribution in [0.25, 0.3) is 0 Å². The van der Waals surface area contributed by atoms with Crippen LogP contribution in [0.4, 0.5) is 13.2 Å². The van der Waals surface area contributed by atoms with Crippen molar-refractivity contribution in [2.24, 2.45) is 5.73 Å². The third-order valence-corrected chi connectivity index (χ3v) is 2.82. The van der Waals surface area contributed by atoms with Gasteiger partial charge >= 0.3 is 6.18 Å². The van der Waals surface area contributed by atoms with Gasteiger partial charge in [0.25, 0.3) is 0 Å². The van der Waals surface area contributed by atoms with Gasteiger partial charge in [-0.3, -0.25) is 9.97 Å². The lowest BCUT2D eigenvalue weighted by atomic mass is 9.93. The van der Waals surface area contributed by atoms with Gasteiger partial charge in [0.1, 0.15) is 5.69 Å². The summed E-state index contributed by atoms with van der Waals surface area (Å²) in [7, 11) is 0. The molecule has 2 rings (SSSR count). The molecule has 100 valence electrons. The number of rotatable bonds is 3. The van der Waals surface area contributed by atoms with E-state index in [2.05, 4.69) is 9.97 Å². The number of halogens is 3. The fraction of sp³-hybridized carbons (Fsp3) is 0.231. The summed E-state index contributed by atoms with van der Waals surface area (Å²) in [5.74, 6) is -0.183. The van der Waals surface area contributed by atoms with Gasteiger partial charge in [0.2, 0.25) is 0 Å². The monoisotopic (exact) mass is 267 g/mol. The lowest BCUT2D eigenvalue weighted by molar-refractivity contribution is -0.141. The maximum Gasteiger partial charge on any atom is 0.433 e. The van der Waals surface area contributed by atoms with Gasteiger partial charge in [0.05, 0.1) is 0 Å². The summed E-state index contributed by atoms with van der Waals surface area (Å²) in [6.07, 6.45) is 0.0409. The van der Waals surface area contributed by atoms with Crippen LogP contribution in [0.5, 0.6) is 0 Å². The van der Waals surface area contributed by atoms with Gasteiger partial charge in [-0.15, -0.1) is 0 Å². The minimum absolute atomic E-state index is 0.183. The van der Waals surface area contributed by atoms with Crippen molar-refractivity contribution >= 4 is 0 Å². The predicted molar refractivity (Wildman–Crippen MR) is 64.4 cm³/mol. The van der Waals surface area contributed by atoms with Crippen molar-refractivity contribution in [3.8, 4) is 0 Å². The zero-order valence-electron chi connectivity index (χ0n) is 9.93. The van der Waals surface area contributed by atoms with Crippen LogP contribution in [0, 0.1) is 0 Å². The molecule has 0 aromatic carbocycles. The fourth-order valence-electron chi connectivity index (χ4n) is 1.84. The van der Waals surface area contributed by atoms with Crippen molar-refractivity contribution in [3.63, 3.8) is 0 Å². The van der Waals surface area contributed by atoms with E-state index < -0.39 is 11.9 Å². The van der Waals surface area contributed by atoms with E-state index in [0.717, 1.165) is 11.6 Å². The maximum atomic E-state index is 12.4. The Morgan fingerprint density at radius 2 is 1.74 bits per heavy atom. The molecule has 2 aromatic rings. The van der Waals surface area contributed by atoms with E-state index in [0.29, 0.717) is 5.56 Å². The van der Waals surface area contributed by atoms with Crippen LogP contribution in [0.3, 0.4) is 0 Å². The molecular formula is C13H12F3N3. The average Bonchev–Trinajstić information content (AvgIpc) is 2.40. The van der Waals surface area contributed by atoms with Gasteiger partial charge in [-0.05, 0) is 29.3 Å². The smallest absolute Gasteiger partial charge is 0.330 e. The molecule has 6 heteroatoms. The van der Waals surface area contributed by atoms with Crippen molar-refractivity contribution in [1.29, 1.82) is 0 Å². The van der Waals surface area contributed by atoms with Gasteiger partial charge in [-0.1, -0.05) is 6.07 Å². The molecule has 0 spiro atoms. The Bertz CT molecular complexity index is 523. The first-order chi connectivity index (χ1) is 9.02. The van der Waals surface area contributed by atoms with E-state index in [4.69, 9.17) is 5.73 Å². The van der Waals surface area contributed by atoms with Crippen molar-refractivity contribution in [2.45, 2.75) is 12.1 Å². The molecule has 0 bridgehead atoms. The molecule has 0 unspecified atom stereocenters. The van der Waals surface area contributed by atoms with Gasteiger partial charge in [0.15, 0.2) is 0 Å². The first-order valence-corrected chi connectivity index (χ1v) is 5.65. The second kappa shape index (κ2) is 5.36. The minimum atomic E-state index is -4.42. The summed E-state index contributed by atoms with van der Waals surface area (Å²) in [6.45, 7) is 0.289. The Labute approximate surface area is 108 Å². The van der Waals surface area contributed by atoms with Crippen molar-refractivity contribution in [1.82, 2.24) is 9.97 Å². The van der Waals surface area contributed by atoms with E-state index in [9.17, 15) is 13.2 Å². The van der Waals surface area contributed by atoms with Crippen LogP contribution in [-0.4, -0.2) is 16.5 Å². The van der Waals surface area contributed by atoms with Crippen LogP contribution in [-0.2, 0) is 6.18 Å². The molecule has 0 radical (unpaired) electrons. The Morgan fingerprint density at radius 1 is 1.05 bits per heavy atom. The molecule has 0 aliphatic rings. The van der Waals surface area contributed by atoms with E-state index in [1.807, 2.05) is 0 Å². The van der Waals surface area contributed by atoms with Gasteiger partial charge in [-0.2, -0.15) is 13.2 Å². The van der Waals surface area contributed by atoms with Crippen LogP contribution in [0.15, 0.2) is 42.9 Å². The quantitative estimate of drug-likeness (QED) is 0.930. The summed E-state index contributed by atoms with van der Waals surface area (Å²) < 4.78 is 37.3. The Morgan fingerprint density at radius 3 is 2.21 bits per heavy atom. The summed E-state index contributed by atoms with van der Waals surface area (Å²) in [4.78, 5) is 7.35. The Hall–Kier alpha value is -1.95. The first kappa shape index (κ1) is 13.5. The minimum Gasteiger partial charge on any atom is -0.330 e. The van der Waals surface area contributed by atoms with Crippen LogP contribution < -0.4 is 5.73 Å². The molecule has 19 heavy (non-hydrogen) atoms. The summed E-state index contributed by atoms with van der Waals surface area (Å²) in [5.41, 5.74) is 6.35. The van der Waals surface area contributed by atoms with Gasteiger partial charge in [0, 0.05) is 31.1 Å². The van der Waals surface area contributed by atoms with Gasteiger partial charge in [-0.25, -0.2) is 0 Å². The number of alkyl halides is 3. The number of hydrogen-bond donors (Lipinski definition) is 1. The van der Waals surface area contributed by atoms with Crippen LogP contribution in [0.2, 0.25) is 0 Å². The molecule has 0 aliphatic heterocycles. The lowest BCUT2D eigenvalue weighted by Gasteiger charge is -2.15. The number of nitrogens with two attached hydrogens (primary N) is 1. The van der Waals surface area contributed by atoms with E-state index in [1.165, 1.54) is 12.3 Å². The average molecular weight is 267 g/mol. The fourth-order valence-corrected chi connectivity index (χ4v) is 1.84. The van der Waals surface area contributed by atoms with Gasteiger partial charge < -0.3 is 5.73 Å². The highest BCUT2D eigenvalue weighted by Crippen LogP contribution is 2.29. The molecule has 0 amide bonds. The Kier molecular flexibility index (Phi) is 3.80. The molecular weight excluding hydrogens is 255 g/mol. The maximum absolute atomic E-state index is 12.4. The molecule has 2 aromatic heterocycles.